The molecule has 0 amide bonds. The second-order valence-corrected chi connectivity index (χ2v) is 6.82. The maximum absolute atomic E-state index is 11.0. The van der Waals surface area contributed by atoms with E-state index in [-0.39, 0.29) is 0 Å². The molecule has 1 aromatic heterocycles. The third-order valence-electron chi connectivity index (χ3n) is 4.50. The Balaban J connectivity index is 1.87. The molecule has 0 fully saturated rings. The molecule has 1 aliphatic rings. The fourth-order valence-electron chi connectivity index (χ4n) is 3.26. The maximum atomic E-state index is 11.0. The van der Waals surface area contributed by atoms with Crippen molar-refractivity contribution in [3.05, 3.63) is 51.3 Å². The van der Waals surface area contributed by atoms with Gasteiger partial charge in [0, 0.05) is 19.9 Å². The van der Waals surface area contributed by atoms with Crippen LogP contribution in [0.25, 0.3) is 0 Å². The second-order valence-electron chi connectivity index (χ2n) is 6.03. The third kappa shape index (κ3) is 2.79. The highest BCUT2D eigenvalue weighted by atomic mass is 79.9. The summed E-state index contributed by atoms with van der Waals surface area (Å²) in [6.07, 6.45) is 4.02. The summed E-state index contributed by atoms with van der Waals surface area (Å²) in [5.74, 6) is 0. The average molecular weight is 349 g/mol. The number of hydrogen-bond acceptors (Lipinski definition) is 2. The van der Waals surface area contributed by atoms with Crippen LogP contribution < -0.4 is 0 Å². The zero-order valence-electron chi connectivity index (χ0n) is 12.6. The molecule has 1 aromatic carbocycles. The zero-order chi connectivity index (χ0) is 15.0. The number of aliphatic hydroxyl groups is 1. The molecule has 4 heteroatoms. The van der Waals surface area contributed by atoms with Gasteiger partial charge >= 0.3 is 0 Å². The number of aryl methyl sites for hydroxylation is 3. The largest absolute Gasteiger partial charge is 0.389 e. The van der Waals surface area contributed by atoms with Gasteiger partial charge in [-0.25, -0.2) is 0 Å². The molecule has 3 nitrogen and oxygen atoms in total. The molecular weight excluding hydrogens is 328 g/mol. The molecule has 21 heavy (non-hydrogen) atoms. The van der Waals surface area contributed by atoms with Gasteiger partial charge in [0.1, 0.15) is 0 Å². The number of hydrogen-bond donors (Lipinski definition) is 1. The van der Waals surface area contributed by atoms with Crippen molar-refractivity contribution in [2.45, 2.75) is 44.6 Å². The lowest BCUT2D eigenvalue weighted by molar-refractivity contribution is 0.0248. The first-order chi connectivity index (χ1) is 10.0. The summed E-state index contributed by atoms with van der Waals surface area (Å²) in [5.41, 5.74) is 4.14. The Hall–Kier alpha value is -1.13. The first-order valence-electron chi connectivity index (χ1n) is 7.52. The average Bonchev–Trinajstić information content (AvgIpc) is 2.74. The summed E-state index contributed by atoms with van der Waals surface area (Å²) in [5, 5.41) is 15.6. The van der Waals surface area contributed by atoms with E-state index in [9.17, 15) is 5.11 Å². The minimum absolute atomic E-state index is 0.644. The predicted molar refractivity (Wildman–Crippen MR) is 87.4 cm³/mol. The third-order valence-corrected chi connectivity index (χ3v) is 5.41. The minimum Gasteiger partial charge on any atom is -0.389 e. The highest BCUT2D eigenvalue weighted by molar-refractivity contribution is 9.10. The SMILES string of the molecule is CCc1nn(C)c(CC2(O)CCc3ccccc3C2)c1Br. The molecule has 1 heterocycles. The summed E-state index contributed by atoms with van der Waals surface area (Å²) in [6, 6.07) is 8.44. The Bertz CT molecular complexity index is 665. The lowest BCUT2D eigenvalue weighted by atomic mass is 9.78. The van der Waals surface area contributed by atoms with Gasteiger partial charge in [-0.15, -0.1) is 0 Å². The molecule has 0 saturated heterocycles. The Kier molecular flexibility index (Phi) is 3.93. The zero-order valence-corrected chi connectivity index (χ0v) is 14.2. The number of fused-ring (bicyclic) bond motifs is 1. The Morgan fingerprint density at radius 2 is 2.05 bits per heavy atom. The molecule has 2 aromatic rings. The normalized spacial score (nSPS) is 21.3. The number of rotatable bonds is 3. The molecule has 1 unspecified atom stereocenters. The molecule has 112 valence electrons. The Morgan fingerprint density at radius 3 is 2.71 bits per heavy atom. The van der Waals surface area contributed by atoms with E-state index in [0.717, 1.165) is 41.5 Å². The molecule has 0 radical (unpaired) electrons. The number of nitrogens with zero attached hydrogens (tertiary/aromatic N) is 2. The van der Waals surface area contributed by atoms with Crippen molar-refractivity contribution in [1.29, 1.82) is 0 Å². The van der Waals surface area contributed by atoms with Gasteiger partial charge in [-0.05, 0) is 46.3 Å². The van der Waals surface area contributed by atoms with Gasteiger partial charge in [0.15, 0.2) is 0 Å². The molecule has 3 rings (SSSR count). The van der Waals surface area contributed by atoms with Gasteiger partial charge in [-0.2, -0.15) is 5.10 Å². The van der Waals surface area contributed by atoms with Crippen LogP contribution in [0.4, 0.5) is 0 Å². The Labute approximate surface area is 134 Å². The van der Waals surface area contributed by atoms with E-state index >= 15 is 0 Å². The lowest BCUT2D eigenvalue weighted by Gasteiger charge is -2.33. The molecular formula is C17H21BrN2O. The van der Waals surface area contributed by atoms with E-state index in [1.54, 1.807) is 0 Å². The van der Waals surface area contributed by atoms with Crippen molar-refractivity contribution in [2.75, 3.05) is 0 Å². The molecule has 0 bridgehead atoms. The Morgan fingerprint density at radius 1 is 1.33 bits per heavy atom. The van der Waals surface area contributed by atoms with Gasteiger partial charge in [0.05, 0.1) is 21.5 Å². The van der Waals surface area contributed by atoms with E-state index in [0.29, 0.717) is 6.42 Å². The highest BCUT2D eigenvalue weighted by Gasteiger charge is 2.34. The number of halogens is 1. The van der Waals surface area contributed by atoms with E-state index in [4.69, 9.17) is 0 Å². The number of aromatic nitrogens is 2. The van der Waals surface area contributed by atoms with Gasteiger partial charge in [-0.3, -0.25) is 4.68 Å². The van der Waals surface area contributed by atoms with Gasteiger partial charge in [0.25, 0.3) is 0 Å². The quantitative estimate of drug-likeness (QED) is 0.924. The van der Waals surface area contributed by atoms with Gasteiger partial charge in [0.2, 0.25) is 0 Å². The van der Waals surface area contributed by atoms with E-state index in [2.05, 4.69) is 52.2 Å². The molecule has 1 aliphatic carbocycles. The topological polar surface area (TPSA) is 38.0 Å². The smallest absolute Gasteiger partial charge is 0.0766 e. The molecule has 0 saturated carbocycles. The van der Waals surface area contributed by atoms with E-state index in [1.807, 2.05) is 11.7 Å². The van der Waals surface area contributed by atoms with Crippen molar-refractivity contribution in [2.24, 2.45) is 7.05 Å². The van der Waals surface area contributed by atoms with Crippen LogP contribution in [0.1, 0.15) is 35.9 Å². The molecule has 0 spiro atoms. The monoisotopic (exact) mass is 348 g/mol. The van der Waals surface area contributed by atoms with Crippen molar-refractivity contribution in [3.8, 4) is 0 Å². The number of benzene rings is 1. The van der Waals surface area contributed by atoms with Crippen LogP contribution in [0.5, 0.6) is 0 Å². The second kappa shape index (κ2) is 5.58. The fraction of sp³-hybridized carbons (Fsp3) is 0.471. The summed E-state index contributed by atoms with van der Waals surface area (Å²) in [6.45, 7) is 2.10. The summed E-state index contributed by atoms with van der Waals surface area (Å²) < 4.78 is 2.96. The molecule has 0 aliphatic heterocycles. The molecule has 1 N–H and O–H groups in total. The maximum Gasteiger partial charge on any atom is 0.0766 e. The minimum atomic E-state index is -0.671. The van der Waals surface area contributed by atoms with E-state index < -0.39 is 5.60 Å². The van der Waals surface area contributed by atoms with Crippen molar-refractivity contribution in [3.63, 3.8) is 0 Å². The van der Waals surface area contributed by atoms with Crippen molar-refractivity contribution >= 4 is 15.9 Å². The van der Waals surface area contributed by atoms with Crippen LogP contribution in [0.2, 0.25) is 0 Å². The molecule has 1 atom stereocenters. The van der Waals surface area contributed by atoms with Crippen molar-refractivity contribution < 1.29 is 5.11 Å². The summed E-state index contributed by atoms with van der Waals surface area (Å²) in [7, 11) is 1.96. The first-order valence-corrected chi connectivity index (χ1v) is 8.31. The fourth-order valence-corrected chi connectivity index (χ4v) is 4.01. The first kappa shape index (κ1) is 14.8. The lowest BCUT2D eigenvalue weighted by Crippen LogP contribution is -2.38. The highest BCUT2D eigenvalue weighted by Crippen LogP contribution is 2.33. The standard InChI is InChI=1S/C17H21BrN2O/c1-3-14-16(18)15(20(2)19-14)11-17(21)9-8-12-6-4-5-7-13(12)10-17/h4-7,21H,3,8-11H2,1-2H3. The van der Waals surface area contributed by atoms with Crippen LogP contribution in [0, 0.1) is 0 Å². The van der Waals surface area contributed by atoms with Crippen LogP contribution in [0.15, 0.2) is 28.7 Å². The van der Waals surface area contributed by atoms with Crippen molar-refractivity contribution in [1.82, 2.24) is 9.78 Å². The van der Waals surface area contributed by atoms with Gasteiger partial charge < -0.3 is 5.11 Å². The van der Waals surface area contributed by atoms with E-state index in [1.165, 1.54) is 11.1 Å². The van der Waals surface area contributed by atoms with Crippen LogP contribution in [0.3, 0.4) is 0 Å². The van der Waals surface area contributed by atoms with Crippen LogP contribution in [-0.4, -0.2) is 20.5 Å². The summed E-state index contributed by atoms with van der Waals surface area (Å²) >= 11 is 3.65. The van der Waals surface area contributed by atoms with Gasteiger partial charge in [-0.1, -0.05) is 31.2 Å². The summed E-state index contributed by atoms with van der Waals surface area (Å²) in [4.78, 5) is 0. The predicted octanol–water partition coefficient (Wildman–Crippen LogP) is 3.21. The van der Waals surface area contributed by atoms with Crippen LogP contribution in [-0.2, 0) is 32.7 Å². The van der Waals surface area contributed by atoms with Crippen LogP contribution >= 0.6 is 15.9 Å².